The van der Waals surface area contributed by atoms with Gasteiger partial charge in [-0.05, 0) is 33.8 Å². The molecule has 2 aromatic rings. The van der Waals surface area contributed by atoms with Gasteiger partial charge < -0.3 is 14.8 Å². The van der Waals surface area contributed by atoms with Gasteiger partial charge in [-0.15, -0.1) is 0 Å². The lowest BCUT2D eigenvalue weighted by Crippen LogP contribution is -2.41. The first-order valence-corrected chi connectivity index (χ1v) is 6.27. The molecule has 112 valence electrons. The van der Waals surface area contributed by atoms with Crippen molar-refractivity contribution in [3.05, 3.63) is 18.1 Å². The minimum Gasteiger partial charge on any atom is -0.464 e. The summed E-state index contributed by atoms with van der Waals surface area (Å²) in [6.07, 6.45) is -0.877. The van der Waals surface area contributed by atoms with Crippen LogP contribution < -0.4 is 4.90 Å². The summed E-state index contributed by atoms with van der Waals surface area (Å²) in [6, 6.07) is 1.60. The van der Waals surface area contributed by atoms with Gasteiger partial charge in [0.05, 0.1) is 5.39 Å². The molecule has 0 radical (unpaired) electrons. The summed E-state index contributed by atoms with van der Waals surface area (Å²) in [5.41, 5.74) is -0.364. The van der Waals surface area contributed by atoms with Crippen LogP contribution in [0.3, 0.4) is 0 Å². The van der Waals surface area contributed by atoms with E-state index in [1.807, 2.05) is 0 Å². The highest BCUT2D eigenvalue weighted by atomic mass is 16.6. The number of H-pyrrole nitrogens is 1. The van der Waals surface area contributed by atoms with Crippen LogP contribution in [0.5, 0.6) is 0 Å². The lowest BCUT2D eigenvalue weighted by atomic mass is 10.2. The predicted molar refractivity (Wildman–Crippen MR) is 75.4 cm³/mol. The van der Waals surface area contributed by atoms with Crippen LogP contribution in [0, 0.1) is 6.92 Å². The number of hydrogen-bond donors (Lipinski definition) is 2. The molecular formula is C13H16N4O4. The average molecular weight is 292 g/mol. The van der Waals surface area contributed by atoms with E-state index >= 15 is 0 Å². The van der Waals surface area contributed by atoms with Crippen LogP contribution in [0.1, 0.15) is 26.6 Å². The fourth-order valence-corrected chi connectivity index (χ4v) is 1.77. The topological polar surface area (TPSA) is 108 Å². The molecule has 8 heteroatoms. The first kappa shape index (κ1) is 14.8. The minimum atomic E-state index is -1.47. The summed E-state index contributed by atoms with van der Waals surface area (Å²) in [4.78, 5) is 35.1. The van der Waals surface area contributed by atoms with Gasteiger partial charge in [-0.3, -0.25) is 0 Å². The number of rotatable bonds is 1. The fourth-order valence-electron chi connectivity index (χ4n) is 1.77. The largest absolute Gasteiger partial charge is 0.464 e. The van der Waals surface area contributed by atoms with Crippen molar-refractivity contribution in [1.29, 1.82) is 0 Å². The third-order valence-electron chi connectivity index (χ3n) is 2.49. The van der Waals surface area contributed by atoms with Crippen molar-refractivity contribution in [2.75, 3.05) is 4.90 Å². The third kappa shape index (κ3) is 3.10. The average Bonchev–Trinajstić information content (AvgIpc) is 2.73. The fraction of sp³-hybridized carbons (Fsp3) is 0.385. The monoisotopic (exact) mass is 292 g/mol. The lowest BCUT2D eigenvalue weighted by molar-refractivity contribution is 0.0581. The lowest BCUT2D eigenvalue weighted by Gasteiger charge is -2.24. The molecule has 2 rings (SSSR count). The molecular weight excluding hydrogens is 276 g/mol. The Morgan fingerprint density at radius 3 is 2.57 bits per heavy atom. The highest BCUT2D eigenvalue weighted by Gasteiger charge is 2.31. The van der Waals surface area contributed by atoms with Crippen LogP contribution >= 0.6 is 0 Å². The van der Waals surface area contributed by atoms with Gasteiger partial charge in [0, 0.05) is 6.20 Å². The Hall–Kier alpha value is -2.64. The van der Waals surface area contributed by atoms with E-state index in [2.05, 4.69) is 15.0 Å². The second kappa shape index (κ2) is 5.04. The SMILES string of the molecule is Cc1nc(N(C(=O)O)C(=O)OC(C)(C)C)c2cc[nH]c2n1. The predicted octanol–water partition coefficient (Wildman–Crippen LogP) is 2.69. The Kier molecular flexibility index (Phi) is 3.54. The maximum atomic E-state index is 12.1. The van der Waals surface area contributed by atoms with Crippen LogP contribution in [-0.4, -0.2) is 37.8 Å². The number of amides is 2. The van der Waals surface area contributed by atoms with E-state index in [4.69, 9.17) is 4.74 Å². The molecule has 2 amide bonds. The molecule has 0 aliphatic rings. The molecule has 0 aliphatic carbocycles. The molecule has 0 saturated heterocycles. The van der Waals surface area contributed by atoms with Gasteiger partial charge in [0.1, 0.15) is 17.1 Å². The van der Waals surface area contributed by atoms with Crippen molar-refractivity contribution < 1.29 is 19.4 Å². The Morgan fingerprint density at radius 1 is 1.33 bits per heavy atom. The van der Waals surface area contributed by atoms with Crippen molar-refractivity contribution >= 4 is 29.0 Å². The Bertz CT molecular complexity index is 702. The molecule has 0 atom stereocenters. The van der Waals surface area contributed by atoms with Crippen molar-refractivity contribution in [1.82, 2.24) is 15.0 Å². The summed E-state index contributed by atoms with van der Waals surface area (Å²) in [7, 11) is 0. The summed E-state index contributed by atoms with van der Waals surface area (Å²) in [6.45, 7) is 6.57. The molecule has 2 aromatic heterocycles. The molecule has 0 saturated carbocycles. The van der Waals surface area contributed by atoms with Gasteiger partial charge in [-0.25, -0.2) is 19.6 Å². The number of aromatic nitrogens is 3. The van der Waals surface area contributed by atoms with E-state index in [-0.39, 0.29) is 5.82 Å². The number of nitrogens with zero attached hydrogens (tertiary/aromatic N) is 3. The molecule has 21 heavy (non-hydrogen) atoms. The first-order chi connectivity index (χ1) is 9.69. The highest BCUT2D eigenvalue weighted by molar-refractivity contribution is 6.12. The maximum absolute atomic E-state index is 12.1. The maximum Gasteiger partial charge on any atom is 0.425 e. The number of ether oxygens (including phenoxy) is 1. The highest BCUT2D eigenvalue weighted by Crippen LogP contribution is 2.25. The number of carboxylic acid groups (broad SMARTS) is 1. The zero-order valence-corrected chi connectivity index (χ0v) is 12.2. The molecule has 0 aromatic carbocycles. The second-order valence-corrected chi connectivity index (χ2v) is 5.43. The van der Waals surface area contributed by atoms with Crippen LogP contribution in [0.25, 0.3) is 11.0 Å². The van der Waals surface area contributed by atoms with Crippen LogP contribution in [-0.2, 0) is 4.74 Å². The van der Waals surface area contributed by atoms with Crippen molar-refractivity contribution in [2.45, 2.75) is 33.3 Å². The van der Waals surface area contributed by atoms with E-state index in [1.54, 1.807) is 40.0 Å². The molecule has 0 spiro atoms. The van der Waals surface area contributed by atoms with E-state index in [0.29, 0.717) is 21.8 Å². The normalized spacial score (nSPS) is 11.4. The molecule has 0 unspecified atom stereocenters. The van der Waals surface area contributed by atoms with Gasteiger partial charge in [0.15, 0.2) is 5.82 Å². The molecule has 8 nitrogen and oxygen atoms in total. The summed E-state index contributed by atoms with van der Waals surface area (Å²) < 4.78 is 5.12. The van der Waals surface area contributed by atoms with E-state index < -0.39 is 17.8 Å². The van der Waals surface area contributed by atoms with Gasteiger partial charge >= 0.3 is 12.2 Å². The summed E-state index contributed by atoms with van der Waals surface area (Å²) in [5.74, 6) is 0.315. The Morgan fingerprint density at radius 2 is 2.00 bits per heavy atom. The van der Waals surface area contributed by atoms with Crippen LogP contribution in [0.4, 0.5) is 15.4 Å². The zero-order chi connectivity index (χ0) is 15.8. The van der Waals surface area contributed by atoms with Gasteiger partial charge in [-0.1, -0.05) is 0 Å². The third-order valence-corrected chi connectivity index (χ3v) is 2.49. The van der Waals surface area contributed by atoms with Gasteiger partial charge in [0.25, 0.3) is 0 Å². The van der Waals surface area contributed by atoms with Gasteiger partial charge in [0.2, 0.25) is 0 Å². The second-order valence-electron chi connectivity index (χ2n) is 5.43. The Balaban J connectivity index is 2.53. The number of aromatic amines is 1. The first-order valence-electron chi connectivity index (χ1n) is 6.27. The Labute approximate surface area is 120 Å². The number of aryl methyl sites for hydroxylation is 1. The summed E-state index contributed by atoms with van der Waals surface area (Å²) >= 11 is 0. The number of carbonyl (C=O) groups is 2. The van der Waals surface area contributed by atoms with E-state index in [0.717, 1.165) is 0 Å². The van der Waals surface area contributed by atoms with Crippen LogP contribution in [0.2, 0.25) is 0 Å². The standard InChI is InChI=1S/C13H16N4O4/c1-7-15-9-8(5-6-14-9)10(16-7)17(11(18)19)12(20)21-13(2,3)4/h5-6H,1-4H3,(H,18,19)(H,14,15,16). The van der Waals surface area contributed by atoms with E-state index in [1.165, 1.54) is 0 Å². The molecule has 2 N–H and O–H groups in total. The molecule has 0 fully saturated rings. The number of hydrogen-bond acceptors (Lipinski definition) is 5. The van der Waals surface area contributed by atoms with Crippen LogP contribution in [0.15, 0.2) is 12.3 Å². The minimum absolute atomic E-state index is 0.0273. The molecule has 0 bridgehead atoms. The van der Waals surface area contributed by atoms with Crippen molar-refractivity contribution in [2.24, 2.45) is 0 Å². The summed E-state index contributed by atoms with van der Waals surface area (Å²) in [5, 5.41) is 9.76. The quantitative estimate of drug-likeness (QED) is 0.836. The zero-order valence-electron chi connectivity index (χ0n) is 12.2. The number of nitrogens with one attached hydrogen (secondary N) is 1. The van der Waals surface area contributed by atoms with Crippen molar-refractivity contribution in [3.63, 3.8) is 0 Å². The van der Waals surface area contributed by atoms with Gasteiger partial charge in [-0.2, -0.15) is 4.90 Å². The van der Waals surface area contributed by atoms with Crippen molar-refractivity contribution in [3.8, 4) is 0 Å². The smallest absolute Gasteiger partial charge is 0.425 e. The molecule has 0 aliphatic heterocycles. The number of carbonyl (C=O) groups excluding carboxylic acids is 1. The molecule has 2 heterocycles. The number of fused-ring (bicyclic) bond motifs is 1. The van der Waals surface area contributed by atoms with E-state index in [9.17, 15) is 14.7 Å². The number of imide groups is 1. The number of anilines is 1.